The van der Waals surface area contributed by atoms with E-state index < -0.39 is 0 Å². The highest BCUT2D eigenvalue weighted by Crippen LogP contribution is 2.30. The summed E-state index contributed by atoms with van der Waals surface area (Å²) in [6.45, 7) is 0.786. The van der Waals surface area contributed by atoms with Crippen molar-refractivity contribution in [2.75, 3.05) is 6.61 Å². The highest BCUT2D eigenvalue weighted by atomic mass is 127. The summed E-state index contributed by atoms with van der Waals surface area (Å²) in [6, 6.07) is 10.6. The summed E-state index contributed by atoms with van der Waals surface area (Å²) in [6.07, 6.45) is 2.07. The van der Waals surface area contributed by atoms with Crippen molar-refractivity contribution in [3.63, 3.8) is 0 Å². The van der Waals surface area contributed by atoms with Crippen LogP contribution in [0, 0.1) is 9.39 Å². The van der Waals surface area contributed by atoms with Crippen LogP contribution in [0.3, 0.4) is 0 Å². The average molecular weight is 383 g/mol. The van der Waals surface area contributed by atoms with Crippen LogP contribution in [0.4, 0.5) is 4.39 Å². The Kier molecular flexibility index (Phi) is 3.94. The maximum Gasteiger partial charge on any atom is 0.124 e. The normalized spacial score (nSPS) is 15.3. The van der Waals surface area contributed by atoms with Crippen molar-refractivity contribution in [2.24, 2.45) is 5.73 Å². The highest BCUT2D eigenvalue weighted by molar-refractivity contribution is 14.1. The first-order valence-corrected chi connectivity index (χ1v) is 7.69. The Hall–Kier alpha value is -1.14. The van der Waals surface area contributed by atoms with Crippen molar-refractivity contribution in [2.45, 2.75) is 18.9 Å². The highest BCUT2D eigenvalue weighted by Gasteiger charge is 2.16. The summed E-state index contributed by atoms with van der Waals surface area (Å²) in [5.74, 6) is 0.727. The lowest BCUT2D eigenvalue weighted by Crippen LogP contribution is -2.15. The van der Waals surface area contributed by atoms with Crippen LogP contribution in [0.25, 0.3) is 0 Å². The van der Waals surface area contributed by atoms with Crippen molar-refractivity contribution in [3.05, 3.63) is 62.5 Å². The monoisotopic (exact) mass is 383 g/mol. The fraction of sp³-hybridized carbons (Fsp3) is 0.250. The molecule has 2 nitrogen and oxygen atoms in total. The molecule has 0 fully saturated rings. The van der Waals surface area contributed by atoms with Gasteiger partial charge in [-0.25, -0.2) is 4.39 Å². The number of fused-ring (bicyclic) bond motifs is 1. The van der Waals surface area contributed by atoms with E-state index in [0.717, 1.165) is 39.9 Å². The minimum atomic E-state index is -0.241. The first-order chi connectivity index (χ1) is 9.65. The molecule has 1 heterocycles. The molecule has 0 saturated heterocycles. The van der Waals surface area contributed by atoms with Crippen LogP contribution in [0.2, 0.25) is 0 Å². The van der Waals surface area contributed by atoms with E-state index in [1.807, 2.05) is 12.1 Å². The van der Waals surface area contributed by atoms with Crippen LogP contribution in [-0.2, 0) is 6.42 Å². The van der Waals surface area contributed by atoms with Gasteiger partial charge in [-0.05, 0) is 70.3 Å². The summed E-state index contributed by atoms with van der Waals surface area (Å²) in [7, 11) is 0. The van der Waals surface area contributed by atoms with Crippen molar-refractivity contribution in [1.29, 1.82) is 0 Å². The number of rotatable bonds is 2. The Morgan fingerprint density at radius 1 is 1.20 bits per heavy atom. The van der Waals surface area contributed by atoms with E-state index >= 15 is 0 Å². The van der Waals surface area contributed by atoms with E-state index in [2.05, 4.69) is 28.7 Å². The molecular formula is C16H15FINO. The molecule has 20 heavy (non-hydrogen) atoms. The van der Waals surface area contributed by atoms with Crippen LogP contribution in [0.15, 0.2) is 36.4 Å². The van der Waals surface area contributed by atoms with Gasteiger partial charge in [-0.3, -0.25) is 0 Å². The zero-order valence-electron chi connectivity index (χ0n) is 10.9. The number of hydrogen-bond acceptors (Lipinski definition) is 2. The van der Waals surface area contributed by atoms with Crippen molar-refractivity contribution in [1.82, 2.24) is 0 Å². The molecule has 0 amide bonds. The van der Waals surface area contributed by atoms with Crippen molar-refractivity contribution < 1.29 is 9.13 Å². The molecule has 0 aromatic heterocycles. The largest absolute Gasteiger partial charge is 0.493 e. The Labute approximate surface area is 131 Å². The number of nitrogens with two attached hydrogens (primary N) is 1. The van der Waals surface area contributed by atoms with E-state index in [1.54, 1.807) is 6.07 Å². The third-order valence-corrected chi connectivity index (χ3v) is 4.52. The summed E-state index contributed by atoms with van der Waals surface area (Å²) >= 11 is 2.13. The lowest BCUT2D eigenvalue weighted by atomic mass is 9.95. The second-order valence-corrected chi connectivity index (χ2v) is 6.12. The van der Waals surface area contributed by atoms with Crippen LogP contribution < -0.4 is 10.5 Å². The molecule has 4 heteroatoms. The predicted octanol–water partition coefficient (Wildman–Crippen LogP) is 3.80. The van der Waals surface area contributed by atoms with Gasteiger partial charge in [0.2, 0.25) is 0 Å². The number of benzene rings is 2. The molecule has 0 spiro atoms. The van der Waals surface area contributed by atoms with E-state index in [9.17, 15) is 4.39 Å². The Morgan fingerprint density at radius 3 is 2.85 bits per heavy atom. The number of aryl methyl sites for hydroxylation is 1. The summed E-state index contributed by atoms with van der Waals surface area (Å²) in [5, 5.41) is 0. The van der Waals surface area contributed by atoms with E-state index in [4.69, 9.17) is 10.5 Å². The van der Waals surface area contributed by atoms with E-state index in [1.165, 1.54) is 17.7 Å². The van der Waals surface area contributed by atoms with E-state index in [0.29, 0.717) is 0 Å². The second kappa shape index (κ2) is 5.69. The van der Waals surface area contributed by atoms with Gasteiger partial charge in [0.25, 0.3) is 0 Å². The molecule has 0 bridgehead atoms. The lowest BCUT2D eigenvalue weighted by molar-refractivity contribution is 0.288. The quantitative estimate of drug-likeness (QED) is 0.801. The minimum absolute atomic E-state index is 0.232. The van der Waals surface area contributed by atoms with Crippen LogP contribution in [-0.4, -0.2) is 6.61 Å². The predicted molar refractivity (Wildman–Crippen MR) is 85.4 cm³/mol. The fourth-order valence-electron chi connectivity index (χ4n) is 2.51. The SMILES string of the molecule is NC(c1ccc2c(c1)CCCO2)c1ccc(F)cc1I. The summed E-state index contributed by atoms with van der Waals surface area (Å²) < 4.78 is 19.6. The standard InChI is InChI=1S/C16H15FINO/c17-12-4-5-13(14(18)9-12)16(19)11-3-6-15-10(8-11)2-1-7-20-15/h3-6,8-9,16H,1-2,7,19H2. The number of halogens is 2. The first kappa shape index (κ1) is 13.8. The summed E-state index contributed by atoms with van der Waals surface area (Å²) in [4.78, 5) is 0. The first-order valence-electron chi connectivity index (χ1n) is 6.61. The van der Waals surface area contributed by atoms with Gasteiger partial charge in [-0.1, -0.05) is 18.2 Å². The van der Waals surface area contributed by atoms with Gasteiger partial charge in [0.15, 0.2) is 0 Å². The molecule has 3 rings (SSSR count). The Balaban J connectivity index is 1.95. The van der Waals surface area contributed by atoms with Gasteiger partial charge in [0.05, 0.1) is 12.6 Å². The van der Waals surface area contributed by atoms with Gasteiger partial charge in [-0.2, -0.15) is 0 Å². The third kappa shape index (κ3) is 2.67. The molecule has 0 saturated carbocycles. The fourth-order valence-corrected chi connectivity index (χ4v) is 3.32. The molecule has 0 aliphatic carbocycles. The molecule has 2 aromatic carbocycles. The number of ether oxygens (including phenoxy) is 1. The minimum Gasteiger partial charge on any atom is -0.493 e. The molecule has 0 radical (unpaired) electrons. The van der Waals surface area contributed by atoms with Gasteiger partial charge >= 0.3 is 0 Å². The molecule has 1 atom stereocenters. The van der Waals surface area contributed by atoms with Gasteiger partial charge in [0.1, 0.15) is 11.6 Å². The maximum atomic E-state index is 13.2. The smallest absolute Gasteiger partial charge is 0.124 e. The zero-order valence-corrected chi connectivity index (χ0v) is 13.1. The molecule has 1 unspecified atom stereocenters. The summed E-state index contributed by atoms with van der Waals surface area (Å²) in [5.41, 5.74) is 9.53. The van der Waals surface area contributed by atoms with E-state index in [-0.39, 0.29) is 11.9 Å². The lowest BCUT2D eigenvalue weighted by Gasteiger charge is -2.20. The third-order valence-electron chi connectivity index (χ3n) is 3.59. The number of hydrogen-bond donors (Lipinski definition) is 1. The Morgan fingerprint density at radius 2 is 2.05 bits per heavy atom. The Bertz CT molecular complexity index is 644. The maximum absolute atomic E-state index is 13.2. The van der Waals surface area contributed by atoms with Crippen molar-refractivity contribution >= 4 is 22.6 Å². The molecule has 2 N–H and O–H groups in total. The molecule has 1 aliphatic rings. The van der Waals surface area contributed by atoms with Crippen LogP contribution in [0.5, 0.6) is 5.75 Å². The van der Waals surface area contributed by atoms with Crippen molar-refractivity contribution in [3.8, 4) is 5.75 Å². The topological polar surface area (TPSA) is 35.2 Å². The molecule has 104 valence electrons. The molecule has 1 aliphatic heterocycles. The van der Waals surface area contributed by atoms with Crippen LogP contribution >= 0.6 is 22.6 Å². The van der Waals surface area contributed by atoms with Crippen LogP contribution in [0.1, 0.15) is 29.2 Å². The van der Waals surface area contributed by atoms with Gasteiger partial charge < -0.3 is 10.5 Å². The van der Waals surface area contributed by atoms with Gasteiger partial charge in [-0.15, -0.1) is 0 Å². The molecular weight excluding hydrogens is 368 g/mol. The second-order valence-electron chi connectivity index (χ2n) is 4.96. The zero-order chi connectivity index (χ0) is 14.1. The average Bonchev–Trinajstić information content (AvgIpc) is 2.46. The van der Waals surface area contributed by atoms with Gasteiger partial charge in [0, 0.05) is 3.57 Å². The molecule has 2 aromatic rings.